The molecule has 1 aliphatic carbocycles. The Morgan fingerprint density at radius 3 is 2.76 bits per heavy atom. The number of hydrogen-bond donors (Lipinski definition) is 1. The van der Waals surface area contributed by atoms with Crippen LogP contribution in [0.3, 0.4) is 0 Å². The van der Waals surface area contributed by atoms with Crippen LogP contribution in [0.15, 0.2) is 40.9 Å². The number of piperidine rings is 1. The molecule has 1 fully saturated rings. The molecule has 2 aliphatic rings. The second-order valence-electron chi connectivity index (χ2n) is 7.20. The van der Waals surface area contributed by atoms with E-state index in [1.165, 1.54) is 39.6 Å². The first kappa shape index (κ1) is 17.1. The third-order valence-electron chi connectivity index (χ3n) is 5.69. The fourth-order valence-electron chi connectivity index (χ4n) is 4.37. The normalized spacial score (nSPS) is 20.5. The van der Waals surface area contributed by atoms with Crippen molar-refractivity contribution < 1.29 is 4.74 Å². The summed E-state index contributed by atoms with van der Waals surface area (Å²) in [6.07, 6.45) is 5.90. The maximum atomic E-state index is 6.43. The smallest absolute Gasteiger partial charge is 0.125 e. The fraction of sp³-hybridized carbons (Fsp3) is 0.455. The summed E-state index contributed by atoms with van der Waals surface area (Å²) in [5.41, 5.74) is 5.74. The molecule has 0 amide bonds. The van der Waals surface area contributed by atoms with Crippen LogP contribution in [0.2, 0.25) is 0 Å². The van der Waals surface area contributed by atoms with E-state index in [0.29, 0.717) is 5.92 Å². The molecule has 1 unspecified atom stereocenters. The van der Waals surface area contributed by atoms with Crippen LogP contribution in [-0.4, -0.2) is 13.1 Å². The van der Waals surface area contributed by atoms with Gasteiger partial charge in [0.25, 0.3) is 0 Å². The van der Waals surface area contributed by atoms with Gasteiger partial charge in [0.05, 0.1) is 0 Å². The summed E-state index contributed by atoms with van der Waals surface area (Å²) in [7, 11) is 0. The first-order chi connectivity index (χ1) is 12.3. The molecule has 0 bridgehead atoms. The first-order valence-electron chi connectivity index (χ1n) is 9.53. The molecule has 2 aromatic carbocycles. The number of halogens is 1. The van der Waals surface area contributed by atoms with Gasteiger partial charge in [-0.15, -0.1) is 0 Å². The van der Waals surface area contributed by atoms with E-state index >= 15 is 0 Å². The summed E-state index contributed by atoms with van der Waals surface area (Å²) in [5, 5.41) is 3.47. The summed E-state index contributed by atoms with van der Waals surface area (Å²) in [6, 6.07) is 13.3. The Morgan fingerprint density at radius 1 is 1.12 bits per heavy atom. The molecule has 0 aromatic heterocycles. The van der Waals surface area contributed by atoms with Crippen molar-refractivity contribution in [3.8, 4) is 5.75 Å². The van der Waals surface area contributed by atoms with E-state index in [1.807, 2.05) is 0 Å². The van der Waals surface area contributed by atoms with Crippen molar-refractivity contribution >= 4 is 15.9 Å². The molecule has 0 spiro atoms. The van der Waals surface area contributed by atoms with Crippen molar-refractivity contribution in [2.24, 2.45) is 0 Å². The van der Waals surface area contributed by atoms with Crippen LogP contribution in [0.1, 0.15) is 60.5 Å². The number of rotatable bonds is 4. The van der Waals surface area contributed by atoms with Gasteiger partial charge in [-0.1, -0.05) is 41.1 Å². The number of ether oxygens (including phenoxy) is 1. The number of hydrogen-bond acceptors (Lipinski definition) is 2. The van der Waals surface area contributed by atoms with Crippen LogP contribution in [0.4, 0.5) is 0 Å². The molecule has 1 atom stereocenters. The zero-order valence-corrected chi connectivity index (χ0v) is 16.4. The summed E-state index contributed by atoms with van der Waals surface area (Å²) < 4.78 is 7.60. The molecule has 25 heavy (non-hydrogen) atoms. The van der Waals surface area contributed by atoms with Gasteiger partial charge >= 0.3 is 0 Å². The van der Waals surface area contributed by atoms with Crippen LogP contribution in [0.5, 0.6) is 5.75 Å². The third-order valence-corrected chi connectivity index (χ3v) is 6.39. The van der Waals surface area contributed by atoms with E-state index in [1.54, 1.807) is 0 Å². The van der Waals surface area contributed by atoms with Gasteiger partial charge in [0.1, 0.15) is 11.9 Å². The molecular weight excluding hydrogens is 374 g/mol. The zero-order valence-electron chi connectivity index (χ0n) is 14.9. The van der Waals surface area contributed by atoms with Crippen molar-refractivity contribution in [3.05, 3.63) is 63.1 Å². The van der Waals surface area contributed by atoms with E-state index in [2.05, 4.69) is 64.6 Å². The summed E-state index contributed by atoms with van der Waals surface area (Å²) in [4.78, 5) is 0. The molecule has 0 saturated carbocycles. The molecule has 1 N–H and O–H groups in total. The minimum Gasteiger partial charge on any atom is -0.486 e. The van der Waals surface area contributed by atoms with E-state index in [9.17, 15) is 0 Å². The molecule has 2 aromatic rings. The van der Waals surface area contributed by atoms with Gasteiger partial charge in [0, 0.05) is 10.0 Å². The van der Waals surface area contributed by atoms with Crippen LogP contribution < -0.4 is 10.1 Å². The molecule has 2 nitrogen and oxygen atoms in total. The lowest BCUT2D eigenvalue weighted by molar-refractivity contribution is 0.206. The highest BCUT2D eigenvalue weighted by molar-refractivity contribution is 9.10. The highest BCUT2D eigenvalue weighted by atomic mass is 79.9. The number of fused-ring (bicyclic) bond motifs is 1. The molecule has 1 saturated heterocycles. The summed E-state index contributed by atoms with van der Waals surface area (Å²) in [5.74, 6) is 1.72. The Morgan fingerprint density at radius 2 is 1.96 bits per heavy atom. The lowest BCUT2D eigenvalue weighted by Crippen LogP contribution is -2.27. The molecule has 3 heteroatoms. The second-order valence-corrected chi connectivity index (χ2v) is 8.05. The van der Waals surface area contributed by atoms with Gasteiger partial charge < -0.3 is 10.1 Å². The number of nitrogens with one attached hydrogen (secondary N) is 1. The van der Waals surface area contributed by atoms with Crippen LogP contribution >= 0.6 is 15.9 Å². The predicted octanol–water partition coefficient (Wildman–Crippen LogP) is 5.54. The highest BCUT2D eigenvalue weighted by Crippen LogP contribution is 2.40. The average Bonchev–Trinajstić information content (AvgIpc) is 3.06. The maximum absolute atomic E-state index is 6.43. The lowest BCUT2D eigenvalue weighted by atomic mass is 9.86. The molecule has 4 rings (SSSR count). The molecular formula is C22H26BrNO. The minimum atomic E-state index is 0.167. The Bertz CT molecular complexity index is 752. The van der Waals surface area contributed by atoms with Crippen molar-refractivity contribution in [2.45, 2.75) is 51.0 Å². The van der Waals surface area contributed by atoms with Gasteiger partial charge in [-0.2, -0.15) is 0 Å². The van der Waals surface area contributed by atoms with Crippen molar-refractivity contribution in [1.29, 1.82) is 0 Å². The van der Waals surface area contributed by atoms with Crippen molar-refractivity contribution in [1.82, 2.24) is 5.32 Å². The Kier molecular flexibility index (Phi) is 5.14. The van der Waals surface area contributed by atoms with Crippen LogP contribution in [-0.2, 0) is 12.8 Å². The van der Waals surface area contributed by atoms with Gasteiger partial charge in [0.15, 0.2) is 0 Å². The topological polar surface area (TPSA) is 21.3 Å². The van der Waals surface area contributed by atoms with Gasteiger partial charge in [0.2, 0.25) is 0 Å². The largest absolute Gasteiger partial charge is 0.486 e. The third kappa shape index (κ3) is 3.50. The van der Waals surface area contributed by atoms with E-state index < -0.39 is 0 Å². The highest BCUT2D eigenvalue weighted by Gasteiger charge is 2.26. The number of aryl methyl sites for hydroxylation is 2. The van der Waals surface area contributed by atoms with Gasteiger partial charge in [-0.25, -0.2) is 0 Å². The second kappa shape index (κ2) is 7.51. The molecule has 1 heterocycles. The maximum Gasteiger partial charge on any atom is 0.125 e. The van der Waals surface area contributed by atoms with Crippen LogP contribution in [0, 0.1) is 0 Å². The lowest BCUT2D eigenvalue weighted by Gasteiger charge is -2.26. The Hall–Kier alpha value is -1.32. The first-order valence-corrected chi connectivity index (χ1v) is 10.3. The zero-order chi connectivity index (χ0) is 17.2. The monoisotopic (exact) mass is 399 g/mol. The molecule has 0 radical (unpaired) electrons. The average molecular weight is 400 g/mol. The van der Waals surface area contributed by atoms with Crippen molar-refractivity contribution in [2.75, 3.05) is 13.1 Å². The van der Waals surface area contributed by atoms with E-state index in [0.717, 1.165) is 38.1 Å². The molecule has 1 aliphatic heterocycles. The fourth-order valence-corrected chi connectivity index (χ4v) is 5.03. The SMILES string of the molecule is CCc1cc(OC2CCc3cccc(Br)c32)ccc1C1CCNCC1. The van der Waals surface area contributed by atoms with E-state index in [4.69, 9.17) is 4.74 Å². The van der Waals surface area contributed by atoms with Gasteiger partial charge in [-0.05, 0) is 86.0 Å². The minimum absolute atomic E-state index is 0.167. The quantitative estimate of drug-likeness (QED) is 0.727. The molecule has 132 valence electrons. The Labute approximate surface area is 159 Å². The standard InChI is InChI=1S/C22H26BrNO/c1-2-15-14-18(7-8-19(15)16-10-12-24-13-11-16)25-21-9-6-17-4-3-5-20(23)22(17)21/h3-5,7-8,14,16,21,24H,2,6,9-13H2,1H3. The Balaban J connectivity index is 1.56. The number of benzene rings is 2. The predicted molar refractivity (Wildman–Crippen MR) is 106 cm³/mol. The van der Waals surface area contributed by atoms with E-state index in [-0.39, 0.29) is 6.10 Å². The van der Waals surface area contributed by atoms with Gasteiger partial charge in [-0.3, -0.25) is 0 Å². The van der Waals surface area contributed by atoms with Crippen molar-refractivity contribution in [3.63, 3.8) is 0 Å². The summed E-state index contributed by atoms with van der Waals surface area (Å²) >= 11 is 3.71. The van der Waals surface area contributed by atoms with Crippen LogP contribution in [0.25, 0.3) is 0 Å². The summed E-state index contributed by atoms with van der Waals surface area (Å²) in [6.45, 7) is 4.53.